The van der Waals surface area contributed by atoms with E-state index >= 15 is 0 Å². The van der Waals surface area contributed by atoms with E-state index in [0.29, 0.717) is 25.2 Å². The summed E-state index contributed by atoms with van der Waals surface area (Å²) >= 11 is 0. The predicted octanol–water partition coefficient (Wildman–Crippen LogP) is 2.37. The lowest BCUT2D eigenvalue weighted by molar-refractivity contribution is -0.144. The second-order valence-corrected chi connectivity index (χ2v) is 8.94. The molecule has 0 aromatic heterocycles. The molecule has 6 heteroatoms. The maximum absolute atomic E-state index is 13.0. The van der Waals surface area contributed by atoms with E-state index in [1.54, 1.807) is 0 Å². The van der Waals surface area contributed by atoms with Crippen LogP contribution in [0.4, 0.5) is 0 Å². The molecule has 3 rings (SSSR count). The van der Waals surface area contributed by atoms with Gasteiger partial charge in [-0.25, -0.2) is 8.42 Å². The molecule has 0 bridgehead atoms. The molecule has 2 saturated carbocycles. The first-order valence-electron chi connectivity index (χ1n) is 8.27. The topological polar surface area (TPSA) is 74.7 Å². The molecule has 5 nitrogen and oxygen atoms in total. The molecule has 3 unspecified atom stereocenters. The fourth-order valence-corrected chi connectivity index (χ4v) is 7.03. The molecule has 0 radical (unpaired) electrons. The Morgan fingerprint density at radius 3 is 2.19 bits per heavy atom. The molecule has 21 heavy (non-hydrogen) atoms. The predicted molar refractivity (Wildman–Crippen MR) is 79.4 cm³/mol. The maximum atomic E-state index is 13.0. The molecule has 0 aromatic carbocycles. The number of carboxylic acid groups (broad SMARTS) is 1. The largest absolute Gasteiger partial charge is 0.480 e. The first-order valence-corrected chi connectivity index (χ1v) is 9.77. The Morgan fingerprint density at radius 1 is 0.905 bits per heavy atom. The molecule has 120 valence electrons. The molecule has 1 N–H and O–H groups in total. The second kappa shape index (κ2) is 5.88. The summed E-state index contributed by atoms with van der Waals surface area (Å²) in [4.78, 5) is 11.6. The van der Waals surface area contributed by atoms with Gasteiger partial charge in [-0.1, -0.05) is 25.7 Å². The highest BCUT2D eigenvalue weighted by Crippen LogP contribution is 2.41. The molecule has 1 heterocycles. The van der Waals surface area contributed by atoms with Crippen LogP contribution in [-0.4, -0.2) is 41.1 Å². The van der Waals surface area contributed by atoms with Crippen molar-refractivity contribution >= 4 is 16.0 Å². The third-order valence-electron chi connectivity index (χ3n) is 5.62. The Balaban J connectivity index is 1.93. The van der Waals surface area contributed by atoms with Crippen molar-refractivity contribution in [3.8, 4) is 0 Å². The minimum Gasteiger partial charge on any atom is -0.480 e. The maximum Gasteiger partial charge on any atom is 0.322 e. The molecule has 3 atom stereocenters. The number of rotatable bonds is 3. The zero-order valence-electron chi connectivity index (χ0n) is 12.4. The van der Waals surface area contributed by atoms with Gasteiger partial charge in [-0.05, 0) is 44.4 Å². The Morgan fingerprint density at radius 2 is 1.52 bits per heavy atom. The number of fused-ring (bicyclic) bond motifs is 1. The van der Waals surface area contributed by atoms with Gasteiger partial charge < -0.3 is 5.11 Å². The third kappa shape index (κ3) is 2.72. The number of carboxylic acids is 1. The molecular formula is C15H25NO4S. The molecule has 3 aliphatic rings. The van der Waals surface area contributed by atoms with E-state index in [0.717, 1.165) is 44.9 Å². The zero-order valence-corrected chi connectivity index (χ0v) is 13.2. The number of aliphatic carboxylic acids is 1. The second-order valence-electron chi connectivity index (χ2n) is 6.82. The monoisotopic (exact) mass is 315 g/mol. The van der Waals surface area contributed by atoms with Crippen molar-refractivity contribution < 1.29 is 18.3 Å². The van der Waals surface area contributed by atoms with Crippen molar-refractivity contribution in [2.45, 2.75) is 81.5 Å². The van der Waals surface area contributed by atoms with Crippen molar-refractivity contribution in [1.29, 1.82) is 0 Å². The molecule has 1 aliphatic heterocycles. The van der Waals surface area contributed by atoms with Gasteiger partial charge in [0, 0.05) is 6.04 Å². The van der Waals surface area contributed by atoms with Crippen LogP contribution in [0.1, 0.15) is 64.2 Å². The molecule has 2 aliphatic carbocycles. The summed E-state index contributed by atoms with van der Waals surface area (Å²) in [5, 5.41) is 9.15. The van der Waals surface area contributed by atoms with Gasteiger partial charge in [0.05, 0.1) is 5.25 Å². The number of nitrogens with zero attached hydrogens (tertiary/aromatic N) is 1. The Hall–Kier alpha value is -0.620. The minimum absolute atomic E-state index is 0.0702. The molecule has 1 saturated heterocycles. The minimum atomic E-state index is -3.47. The van der Waals surface area contributed by atoms with Crippen LogP contribution in [0.15, 0.2) is 0 Å². The number of carbonyl (C=O) groups is 1. The van der Waals surface area contributed by atoms with E-state index < -0.39 is 22.0 Å². The fourth-order valence-electron chi connectivity index (χ4n) is 4.55. The van der Waals surface area contributed by atoms with E-state index in [2.05, 4.69) is 0 Å². The van der Waals surface area contributed by atoms with Crippen LogP contribution in [-0.2, 0) is 14.8 Å². The number of hydrogen-bond acceptors (Lipinski definition) is 3. The van der Waals surface area contributed by atoms with Crippen molar-refractivity contribution in [2.24, 2.45) is 5.92 Å². The summed E-state index contributed by atoms with van der Waals surface area (Å²) in [6.07, 6.45) is 8.67. The zero-order chi connectivity index (χ0) is 15.0. The molecule has 0 spiro atoms. The summed E-state index contributed by atoms with van der Waals surface area (Å²) in [5.41, 5.74) is 0. The first kappa shape index (κ1) is 15.3. The average Bonchev–Trinajstić information content (AvgIpc) is 3.00. The lowest BCUT2D eigenvalue weighted by Crippen LogP contribution is -2.59. The molecular weight excluding hydrogens is 290 g/mol. The number of piperidine rings is 1. The Labute approximate surface area is 126 Å². The van der Waals surface area contributed by atoms with Crippen LogP contribution in [0.25, 0.3) is 0 Å². The summed E-state index contributed by atoms with van der Waals surface area (Å²) in [6, 6.07) is -0.908. The van der Waals surface area contributed by atoms with E-state index in [9.17, 15) is 18.3 Å². The smallest absolute Gasteiger partial charge is 0.322 e. The van der Waals surface area contributed by atoms with E-state index in [1.807, 2.05) is 0 Å². The third-order valence-corrected chi connectivity index (χ3v) is 8.04. The number of sulfonamides is 1. The quantitative estimate of drug-likeness (QED) is 0.867. The average molecular weight is 315 g/mol. The summed E-state index contributed by atoms with van der Waals surface area (Å²) < 4.78 is 27.5. The molecule has 0 amide bonds. The van der Waals surface area contributed by atoms with Crippen LogP contribution in [0.5, 0.6) is 0 Å². The van der Waals surface area contributed by atoms with Gasteiger partial charge in [0.2, 0.25) is 10.0 Å². The van der Waals surface area contributed by atoms with Crippen molar-refractivity contribution in [3.05, 3.63) is 0 Å². The van der Waals surface area contributed by atoms with Crippen LogP contribution >= 0.6 is 0 Å². The highest BCUT2D eigenvalue weighted by molar-refractivity contribution is 7.89. The highest BCUT2D eigenvalue weighted by Gasteiger charge is 2.49. The van der Waals surface area contributed by atoms with E-state index in [-0.39, 0.29) is 11.3 Å². The SMILES string of the molecule is O=C(O)C1CCC2CCCCC2N1S(=O)(=O)C1CCCC1. The van der Waals surface area contributed by atoms with Crippen LogP contribution in [0.2, 0.25) is 0 Å². The van der Waals surface area contributed by atoms with E-state index in [1.165, 1.54) is 4.31 Å². The van der Waals surface area contributed by atoms with Gasteiger partial charge in [-0.3, -0.25) is 4.79 Å². The van der Waals surface area contributed by atoms with Crippen LogP contribution < -0.4 is 0 Å². The van der Waals surface area contributed by atoms with Gasteiger partial charge >= 0.3 is 5.97 Å². The lowest BCUT2D eigenvalue weighted by atomic mass is 9.78. The summed E-state index contributed by atoms with van der Waals surface area (Å²) in [6.45, 7) is 0. The summed E-state index contributed by atoms with van der Waals surface area (Å²) in [5.74, 6) is -0.605. The van der Waals surface area contributed by atoms with Crippen LogP contribution in [0.3, 0.4) is 0 Å². The van der Waals surface area contributed by atoms with Gasteiger partial charge in [0.15, 0.2) is 0 Å². The van der Waals surface area contributed by atoms with Crippen LogP contribution in [0, 0.1) is 5.92 Å². The Kier molecular flexibility index (Phi) is 4.28. The molecule has 3 fully saturated rings. The van der Waals surface area contributed by atoms with Gasteiger partial charge in [0.25, 0.3) is 0 Å². The summed E-state index contributed by atoms with van der Waals surface area (Å²) in [7, 11) is -3.47. The van der Waals surface area contributed by atoms with Crippen molar-refractivity contribution in [3.63, 3.8) is 0 Å². The van der Waals surface area contributed by atoms with Gasteiger partial charge in [-0.15, -0.1) is 0 Å². The van der Waals surface area contributed by atoms with E-state index in [4.69, 9.17) is 0 Å². The Bertz CT molecular complexity index is 498. The van der Waals surface area contributed by atoms with Gasteiger partial charge in [-0.2, -0.15) is 4.31 Å². The normalized spacial score (nSPS) is 35.5. The molecule has 0 aromatic rings. The van der Waals surface area contributed by atoms with Gasteiger partial charge in [0.1, 0.15) is 6.04 Å². The first-order chi connectivity index (χ1) is 10.0. The lowest BCUT2D eigenvalue weighted by Gasteiger charge is -2.46. The van der Waals surface area contributed by atoms with Crippen molar-refractivity contribution in [2.75, 3.05) is 0 Å². The number of hydrogen-bond donors (Lipinski definition) is 1. The standard InChI is InChI=1S/C15H25NO4S/c17-15(18)14-10-9-11-5-1-4-8-13(11)16(14)21(19,20)12-6-2-3-7-12/h11-14H,1-10H2,(H,17,18). The fraction of sp³-hybridized carbons (Fsp3) is 0.933. The van der Waals surface area contributed by atoms with Crippen molar-refractivity contribution in [1.82, 2.24) is 4.31 Å². The highest BCUT2D eigenvalue weighted by atomic mass is 32.2.